The van der Waals surface area contributed by atoms with E-state index in [1.54, 1.807) is 6.07 Å². The average Bonchev–Trinajstić information content (AvgIpc) is 2.89. The van der Waals surface area contributed by atoms with Crippen LogP contribution in [0.3, 0.4) is 0 Å². The zero-order valence-electron chi connectivity index (χ0n) is 23.7. The van der Waals surface area contributed by atoms with Crippen LogP contribution in [0, 0.1) is 19.8 Å². The molecule has 1 N–H and O–H groups in total. The lowest BCUT2D eigenvalue weighted by Gasteiger charge is -2.34. The van der Waals surface area contributed by atoms with E-state index in [1.165, 1.54) is 4.90 Å². The molecule has 0 heterocycles. The predicted octanol–water partition coefficient (Wildman–Crippen LogP) is 5.24. The standard InChI is InChI=1S/C31H38BrN3O4S/c1-22(2)19-33-31(37)29(18-25-9-7-6-8-10-25)34(20-26-12-14-27(32)15-13-26)30(36)21-35(40(5,38)39)28-16-11-23(3)17-24(28)4/h6-17,22,29H,18-21H2,1-5H3,(H,33,37)/t29-/m0/s1. The van der Waals surface area contributed by atoms with Crippen molar-refractivity contribution < 1.29 is 18.0 Å². The molecule has 214 valence electrons. The number of hydrogen-bond donors (Lipinski definition) is 1. The first-order valence-corrected chi connectivity index (χ1v) is 15.9. The van der Waals surface area contributed by atoms with Crippen LogP contribution in [0.5, 0.6) is 0 Å². The summed E-state index contributed by atoms with van der Waals surface area (Å²) < 4.78 is 28.0. The Balaban J connectivity index is 2.06. The summed E-state index contributed by atoms with van der Waals surface area (Å²) >= 11 is 3.45. The van der Waals surface area contributed by atoms with E-state index in [4.69, 9.17) is 0 Å². The maximum Gasteiger partial charge on any atom is 0.244 e. The summed E-state index contributed by atoms with van der Waals surface area (Å²) in [5, 5.41) is 2.99. The molecule has 1 atom stereocenters. The first kappa shape index (κ1) is 31.4. The summed E-state index contributed by atoms with van der Waals surface area (Å²) in [6.45, 7) is 7.93. The third-order valence-electron chi connectivity index (χ3n) is 6.52. The molecule has 0 radical (unpaired) electrons. The summed E-state index contributed by atoms with van der Waals surface area (Å²) in [4.78, 5) is 29.3. The van der Waals surface area contributed by atoms with E-state index in [1.807, 2.05) is 94.4 Å². The van der Waals surface area contributed by atoms with Crippen molar-refractivity contribution in [3.8, 4) is 0 Å². The maximum absolute atomic E-state index is 14.1. The number of sulfonamides is 1. The molecule has 0 saturated carbocycles. The summed E-state index contributed by atoms with van der Waals surface area (Å²) in [7, 11) is -3.81. The van der Waals surface area contributed by atoms with Crippen LogP contribution in [-0.4, -0.2) is 50.5 Å². The zero-order valence-corrected chi connectivity index (χ0v) is 26.1. The van der Waals surface area contributed by atoms with Crippen molar-refractivity contribution in [1.82, 2.24) is 10.2 Å². The highest BCUT2D eigenvalue weighted by Crippen LogP contribution is 2.25. The zero-order chi connectivity index (χ0) is 29.4. The van der Waals surface area contributed by atoms with Crippen LogP contribution in [0.2, 0.25) is 0 Å². The summed E-state index contributed by atoms with van der Waals surface area (Å²) in [5.74, 6) is -0.517. The van der Waals surface area contributed by atoms with Gasteiger partial charge in [0.15, 0.2) is 0 Å². The maximum atomic E-state index is 14.1. The van der Waals surface area contributed by atoms with Crippen molar-refractivity contribution in [2.75, 3.05) is 23.7 Å². The van der Waals surface area contributed by atoms with Gasteiger partial charge in [0, 0.05) is 24.0 Å². The Hall–Kier alpha value is -3.17. The molecular formula is C31H38BrN3O4S. The van der Waals surface area contributed by atoms with Crippen molar-refractivity contribution >= 4 is 43.5 Å². The van der Waals surface area contributed by atoms with Crippen molar-refractivity contribution in [2.45, 2.75) is 46.7 Å². The quantitative estimate of drug-likeness (QED) is 0.297. The third kappa shape index (κ3) is 8.93. The van der Waals surface area contributed by atoms with Gasteiger partial charge in [0.2, 0.25) is 21.8 Å². The first-order valence-electron chi connectivity index (χ1n) is 13.3. The lowest BCUT2D eigenvalue weighted by Crippen LogP contribution is -2.53. The second-order valence-electron chi connectivity index (χ2n) is 10.6. The second kappa shape index (κ2) is 13.9. The van der Waals surface area contributed by atoms with Gasteiger partial charge in [-0.2, -0.15) is 0 Å². The van der Waals surface area contributed by atoms with E-state index < -0.39 is 28.5 Å². The minimum absolute atomic E-state index is 0.142. The van der Waals surface area contributed by atoms with Crippen molar-refractivity contribution in [2.24, 2.45) is 5.92 Å². The van der Waals surface area contributed by atoms with Crippen LogP contribution in [0.1, 0.15) is 36.1 Å². The SMILES string of the molecule is Cc1ccc(N(CC(=O)N(Cc2ccc(Br)cc2)[C@@H](Cc2ccccc2)C(=O)NCC(C)C)S(C)(=O)=O)c(C)c1. The molecule has 40 heavy (non-hydrogen) atoms. The van der Waals surface area contributed by atoms with Gasteiger partial charge in [-0.1, -0.05) is 89.9 Å². The Labute approximate surface area is 246 Å². The van der Waals surface area contributed by atoms with E-state index in [9.17, 15) is 18.0 Å². The Morgan fingerprint density at radius 2 is 1.57 bits per heavy atom. The Morgan fingerprint density at radius 1 is 0.925 bits per heavy atom. The Kier molecular flexibility index (Phi) is 10.9. The fourth-order valence-corrected chi connectivity index (χ4v) is 5.61. The number of amides is 2. The summed E-state index contributed by atoms with van der Waals surface area (Å²) in [6.07, 6.45) is 1.38. The molecule has 7 nitrogen and oxygen atoms in total. The molecule has 0 spiro atoms. The van der Waals surface area contributed by atoms with Gasteiger partial charge < -0.3 is 10.2 Å². The number of benzene rings is 3. The molecule has 0 fully saturated rings. The molecule has 9 heteroatoms. The first-order chi connectivity index (χ1) is 18.8. The molecule has 0 aliphatic heterocycles. The summed E-state index contributed by atoms with van der Waals surface area (Å²) in [6, 6.07) is 21.6. The molecule has 0 aliphatic carbocycles. The van der Waals surface area contributed by atoms with Gasteiger partial charge in [-0.05, 0) is 54.7 Å². The van der Waals surface area contributed by atoms with Crippen LogP contribution in [0.4, 0.5) is 5.69 Å². The highest BCUT2D eigenvalue weighted by Gasteiger charge is 2.33. The number of carbonyl (C=O) groups excluding carboxylic acids is 2. The molecule has 2 amide bonds. The molecule has 3 aromatic rings. The van der Waals surface area contributed by atoms with Gasteiger partial charge in [0.05, 0.1) is 11.9 Å². The number of anilines is 1. The van der Waals surface area contributed by atoms with Crippen molar-refractivity contribution in [3.63, 3.8) is 0 Å². The number of halogens is 1. The Bertz CT molecular complexity index is 1410. The Morgan fingerprint density at radius 3 is 2.15 bits per heavy atom. The highest BCUT2D eigenvalue weighted by atomic mass is 79.9. The van der Waals surface area contributed by atoms with E-state index >= 15 is 0 Å². The van der Waals surface area contributed by atoms with Gasteiger partial charge in [0.1, 0.15) is 12.6 Å². The molecule has 0 bridgehead atoms. The van der Waals surface area contributed by atoms with E-state index in [2.05, 4.69) is 21.2 Å². The van der Waals surface area contributed by atoms with E-state index in [0.717, 1.165) is 37.3 Å². The predicted molar refractivity (Wildman–Crippen MR) is 165 cm³/mol. The van der Waals surface area contributed by atoms with Crippen LogP contribution >= 0.6 is 15.9 Å². The molecule has 3 aromatic carbocycles. The smallest absolute Gasteiger partial charge is 0.244 e. The molecule has 3 rings (SSSR count). The summed E-state index contributed by atoms with van der Waals surface area (Å²) in [5.41, 5.74) is 3.89. The average molecular weight is 629 g/mol. The molecular weight excluding hydrogens is 590 g/mol. The third-order valence-corrected chi connectivity index (χ3v) is 8.18. The molecule has 0 saturated heterocycles. The van der Waals surface area contributed by atoms with Crippen LogP contribution in [-0.2, 0) is 32.6 Å². The normalized spacial score (nSPS) is 12.2. The van der Waals surface area contributed by atoms with Crippen LogP contribution in [0.25, 0.3) is 0 Å². The number of carbonyl (C=O) groups is 2. The van der Waals surface area contributed by atoms with Crippen molar-refractivity contribution in [1.29, 1.82) is 0 Å². The minimum atomic E-state index is -3.81. The van der Waals surface area contributed by atoms with Gasteiger partial charge in [0.25, 0.3) is 0 Å². The number of rotatable bonds is 12. The molecule has 0 aromatic heterocycles. The van der Waals surface area contributed by atoms with Crippen LogP contribution < -0.4 is 9.62 Å². The number of hydrogen-bond acceptors (Lipinski definition) is 4. The highest BCUT2D eigenvalue weighted by molar-refractivity contribution is 9.10. The van der Waals surface area contributed by atoms with Gasteiger partial charge in [-0.25, -0.2) is 8.42 Å². The van der Waals surface area contributed by atoms with Crippen LogP contribution in [0.15, 0.2) is 77.3 Å². The topological polar surface area (TPSA) is 86.8 Å². The fraction of sp³-hybridized carbons (Fsp3) is 0.355. The molecule has 0 aliphatic rings. The van der Waals surface area contributed by atoms with Gasteiger partial charge in [-0.15, -0.1) is 0 Å². The van der Waals surface area contributed by atoms with Gasteiger partial charge >= 0.3 is 0 Å². The second-order valence-corrected chi connectivity index (χ2v) is 13.4. The largest absolute Gasteiger partial charge is 0.354 e. The van der Waals surface area contributed by atoms with Crippen molar-refractivity contribution in [3.05, 3.63) is 99.5 Å². The van der Waals surface area contributed by atoms with E-state index in [0.29, 0.717) is 12.2 Å². The minimum Gasteiger partial charge on any atom is -0.354 e. The number of nitrogens with zero attached hydrogens (tertiary/aromatic N) is 2. The van der Waals surface area contributed by atoms with E-state index in [-0.39, 0.29) is 24.8 Å². The lowest BCUT2D eigenvalue weighted by atomic mass is 10.0. The number of aryl methyl sites for hydroxylation is 2. The van der Waals surface area contributed by atoms with Gasteiger partial charge in [-0.3, -0.25) is 13.9 Å². The fourth-order valence-electron chi connectivity index (χ4n) is 4.44. The lowest BCUT2D eigenvalue weighted by molar-refractivity contribution is -0.140. The number of nitrogens with one attached hydrogen (secondary N) is 1. The monoisotopic (exact) mass is 627 g/mol. The molecule has 0 unspecified atom stereocenters.